The average Bonchev–Trinajstić information content (AvgIpc) is 3.65. The molecule has 0 bridgehead atoms. The van der Waals surface area contributed by atoms with Gasteiger partial charge in [-0.05, 0) is 26.3 Å². The molecular weight excluding hydrogens is 1150 g/mol. The van der Waals surface area contributed by atoms with Crippen molar-refractivity contribution < 1.29 is 126 Å². The molecule has 6 amide bonds. The van der Waals surface area contributed by atoms with Gasteiger partial charge in [0.25, 0.3) is 0 Å². The van der Waals surface area contributed by atoms with Crippen molar-refractivity contribution in [2.75, 3.05) is 146 Å². The van der Waals surface area contributed by atoms with Crippen LogP contribution in [0.5, 0.6) is 0 Å². The number of hydrogen-bond donors (Lipinski definition) is 15. The van der Waals surface area contributed by atoms with Crippen LogP contribution in [0, 0.1) is 0 Å². The molecule has 3 saturated heterocycles. The quantitative estimate of drug-likeness (QED) is 0.0252. The number of hydrogen-bond acceptors (Lipinski definition) is 27. The Morgan fingerprint density at radius 2 is 0.744 bits per heavy atom. The third-order valence-corrected chi connectivity index (χ3v) is 14.0. The van der Waals surface area contributed by atoms with E-state index in [9.17, 15) is 69.6 Å². The fourth-order valence-corrected chi connectivity index (χ4v) is 9.31. The monoisotopic (exact) mass is 1250 g/mol. The van der Waals surface area contributed by atoms with E-state index in [2.05, 4.69) is 37.2 Å². The third kappa shape index (κ3) is 29.5. The van der Waals surface area contributed by atoms with Gasteiger partial charge >= 0.3 is 0 Å². The molecule has 0 aliphatic carbocycles. The van der Waals surface area contributed by atoms with E-state index in [0.29, 0.717) is 0 Å². The van der Waals surface area contributed by atoms with Gasteiger partial charge in [-0.2, -0.15) is 0 Å². The second-order valence-corrected chi connectivity index (χ2v) is 20.6. The maximum atomic E-state index is 13.1. The Kier molecular flexibility index (Phi) is 38.7. The summed E-state index contributed by atoms with van der Waals surface area (Å²) in [5, 5.41) is 99.4. The summed E-state index contributed by atoms with van der Waals surface area (Å²) in [5.41, 5.74) is -0.807. The molecule has 3 rings (SSSR count). The van der Waals surface area contributed by atoms with Crippen LogP contribution in [0.25, 0.3) is 0 Å². The minimum Gasteiger partial charge on any atom is -0.394 e. The molecule has 0 aromatic rings. The number of carbonyl (C=O) groups is 6. The zero-order valence-corrected chi connectivity index (χ0v) is 49.8. The number of ether oxygens (including phenoxy) is 12. The van der Waals surface area contributed by atoms with Crippen LogP contribution in [0.4, 0.5) is 0 Å². The van der Waals surface area contributed by atoms with Crippen molar-refractivity contribution in [3.63, 3.8) is 0 Å². The molecule has 3 fully saturated rings. The summed E-state index contributed by atoms with van der Waals surface area (Å²) in [7, 11) is 1.70. The van der Waals surface area contributed by atoms with Crippen molar-refractivity contribution in [2.45, 2.75) is 157 Å². The number of aliphatic hydroxyl groups excluding tert-OH is 8. The lowest BCUT2D eigenvalue weighted by Gasteiger charge is -2.42. The Bertz CT molecular complexity index is 1840. The van der Waals surface area contributed by atoms with Crippen LogP contribution in [-0.2, 0) is 85.6 Å². The predicted molar refractivity (Wildman–Crippen MR) is 296 cm³/mol. The second kappa shape index (κ2) is 43.6. The first-order valence-electron chi connectivity index (χ1n) is 29.1. The summed E-state index contributed by atoms with van der Waals surface area (Å²) in [5.74, 6) is -2.16. The number of nitrogens with one attached hydrogen (secondary N) is 7. The van der Waals surface area contributed by atoms with Crippen LogP contribution in [0.3, 0.4) is 0 Å². The Labute approximate surface area is 500 Å². The molecule has 14 atom stereocenters. The van der Waals surface area contributed by atoms with E-state index < -0.39 is 116 Å². The van der Waals surface area contributed by atoms with Gasteiger partial charge in [0.15, 0.2) is 18.9 Å². The molecule has 3 aliphatic heterocycles. The zero-order chi connectivity index (χ0) is 63.3. The molecule has 33 nitrogen and oxygen atoms in total. The molecule has 500 valence electrons. The van der Waals surface area contributed by atoms with Gasteiger partial charge in [0, 0.05) is 71.6 Å². The van der Waals surface area contributed by atoms with E-state index in [4.69, 9.17) is 56.8 Å². The molecule has 33 heteroatoms. The second-order valence-electron chi connectivity index (χ2n) is 20.6. The normalized spacial score (nSPS) is 27.3. The fourth-order valence-electron chi connectivity index (χ4n) is 9.31. The number of amides is 6. The molecule has 3 aliphatic rings. The molecule has 0 saturated carbocycles. The van der Waals surface area contributed by atoms with Crippen molar-refractivity contribution in [3.8, 4) is 0 Å². The minimum absolute atomic E-state index is 0.00923. The molecule has 3 heterocycles. The number of carbonyl (C=O) groups excluding carboxylic acids is 6. The van der Waals surface area contributed by atoms with Gasteiger partial charge in [0.1, 0.15) is 54.7 Å². The summed E-state index contributed by atoms with van der Waals surface area (Å²) in [4.78, 5) is 74.1. The first kappa shape index (κ1) is 76.2. The van der Waals surface area contributed by atoms with E-state index in [1.807, 2.05) is 0 Å². The summed E-state index contributed by atoms with van der Waals surface area (Å²) >= 11 is 0. The van der Waals surface area contributed by atoms with Gasteiger partial charge in [-0.25, -0.2) is 0 Å². The standard InChI is InChI=1S/C53H97N7O26/c1-33(64)58-43-37(67)29-36(30-61)84-50(43)81-26-23-78-20-17-75-14-11-55-40(68)5-8-53(54-4,9-6-41(69)56-12-15-76-18-21-79-24-27-82-51-44(59-34(2)65)48(73)46(71)38(31-62)85-51)10-7-42(70)57-13-16-77-19-22-80-25-28-83-52-45(60-35(3)66)49(74)47(72)39(32-63)86-52/h36-39,43-52,54,61-63,67,71-74H,5-32H2,1-4H3,(H,55,68)(H,56,69)(H,57,70)(H,58,64)(H,59,65)(H,60,66). The van der Waals surface area contributed by atoms with Gasteiger partial charge in [-0.3, -0.25) is 28.8 Å². The van der Waals surface area contributed by atoms with Gasteiger partial charge in [0.05, 0.1) is 131 Å². The lowest BCUT2D eigenvalue weighted by atomic mass is 9.83. The Hall–Kier alpha value is -4.02. The Morgan fingerprint density at radius 3 is 1.06 bits per heavy atom. The molecule has 0 radical (unpaired) electrons. The average molecular weight is 1250 g/mol. The lowest BCUT2D eigenvalue weighted by molar-refractivity contribution is -0.272. The summed E-state index contributed by atoms with van der Waals surface area (Å²) in [6, 6.07) is -2.97. The number of rotatable bonds is 46. The largest absolute Gasteiger partial charge is 0.394 e. The summed E-state index contributed by atoms with van der Waals surface area (Å²) in [6.45, 7) is 4.90. The highest BCUT2D eigenvalue weighted by atomic mass is 16.7. The minimum atomic E-state index is -1.44. The van der Waals surface area contributed by atoms with Crippen LogP contribution < -0.4 is 37.2 Å². The van der Waals surface area contributed by atoms with Crippen LogP contribution in [0.1, 0.15) is 65.7 Å². The first-order chi connectivity index (χ1) is 41.3. The summed E-state index contributed by atoms with van der Waals surface area (Å²) in [6.07, 6.45) is -11.7. The fraction of sp³-hybridized carbons (Fsp3) is 0.887. The maximum absolute atomic E-state index is 13.1. The highest BCUT2D eigenvalue weighted by Crippen LogP contribution is 2.27. The lowest BCUT2D eigenvalue weighted by Crippen LogP contribution is -2.64. The molecule has 0 aromatic carbocycles. The van der Waals surface area contributed by atoms with Crippen molar-refractivity contribution >= 4 is 35.4 Å². The van der Waals surface area contributed by atoms with E-state index in [-0.39, 0.29) is 194 Å². The van der Waals surface area contributed by atoms with Gasteiger partial charge in [0.2, 0.25) is 35.4 Å². The van der Waals surface area contributed by atoms with Gasteiger partial charge in [-0.15, -0.1) is 0 Å². The molecular formula is C53H97N7O26. The van der Waals surface area contributed by atoms with Crippen LogP contribution in [0.2, 0.25) is 0 Å². The zero-order valence-electron chi connectivity index (χ0n) is 49.8. The summed E-state index contributed by atoms with van der Waals surface area (Å²) < 4.78 is 67.0. The topological polar surface area (TPSA) is 459 Å². The Balaban J connectivity index is 1.37. The van der Waals surface area contributed by atoms with E-state index in [1.165, 1.54) is 20.8 Å². The first-order valence-corrected chi connectivity index (χ1v) is 29.1. The van der Waals surface area contributed by atoms with E-state index in [0.717, 1.165) is 0 Å². The SMILES string of the molecule is CNC(CCC(=O)NCCOCCOCCOC1OC(CO)CC(O)C1NC(C)=O)(CCC(=O)NCCOCCOCCOC1OC(CO)C(O)C(O)C1NC(C)=O)CCC(=O)NCCOCCOCCOC1OC(CO)C(O)C(O)C1NC(C)=O. The van der Waals surface area contributed by atoms with Crippen molar-refractivity contribution in [1.82, 2.24) is 37.2 Å². The molecule has 14 unspecified atom stereocenters. The molecule has 0 aromatic heterocycles. The van der Waals surface area contributed by atoms with E-state index >= 15 is 0 Å². The molecule has 86 heavy (non-hydrogen) atoms. The maximum Gasteiger partial charge on any atom is 0.220 e. The van der Waals surface area contributed by atoms with Crippen LogP contribution in [-0.4, -0.2) is 313 Å². The van der Waals surface area contributed by atoms with Crippen molar-refractivity contribution in [2.24, 2.45) is 0 Å². The molecule has 0 spiro atoms. The van der Waals surface area contributed by atoms with Crippen molar-refractivity contribution in [1.29, 1.82) is 0 Å². The van der Waals surface area contributed by atoms with Crippen molar-refractivity contribution in [3.05, 3.63) is 0 Å². The smallest absolute Gasteiger partial charge is 0.220 e. The Morgan fingerprint density at radius 1 is 0.430 bits per heavy atom. The predicted octanol–water partition coefficient (Wildman–Crippen LogP) is -7.36. The van der Waals surface area contributed by atoms with Gasteiger partial charge < -0.3 is 135 Å². The number of aliphatic hydroxyl groups is 8. The van der Waals surface area contributed by atoms with Gasteiger partial charge in [-0.1, -0.05) is 0 Å². The van der Waals surface area contributed by atoms with Crippen LogP contribution >= 0.6 is 0 Å². The van der Waals surface area contributed by atoms with Crippen LogP contribution in [0.15, 0.2) is 0 Å². The highest BCUT2D eigenvalue weighted by molar-refractivity contribution is 5.78. The third-order valence-electron chi connectivity index (χ3n) is 14.0. The highest BCUT2D eigenvalue weighted by Gasteiger charge is 2.47. The van der Waals surface area contributed by atoms with E-state index in [1.54, 1.807) is 7.05 Å². The molecule has 15 N–H and O–H groups in total.